The first kappa shape index (κ1) is 15.3. The van der Waals surface area contributed by atoms with E-state index in [4.69, 9.17) is 4.74 Å². The second-order valence-electron chi connectivity index (χ2n) is 5.38. The van der Waals surface area contributed by atoms with Gasteiger partial charge < -0.3 is 14.6 Å². The van der Waals surface area contributed by atoms with Gasteiger partial charge in [-0.1, -0.05) is 18.2 Å². The highest BCUT2D eigenvalue weighted by atomic mass is 16.5. The van der Waals surface area contributed by atoms with Crippen molar-refractivity contribution in [1.82, 2.24) is 14.8 Å². The summed E-state index contributed by atoms with van der Waals surface area (Å²) in [4.78, 5) is 11.6. The third kappa shape index (κ3) is 2.73. The number of hydrogen-bond donors (Lipinski definition) is 2. The monoisotopic (exact) mass is 312 g/mol. The summed E-state index contributed by atoms with van der Waals surface area (Å²) in [6.45, 7) is 5.09. The van der Waals surface area contributed by atoms with E-state index >= 15 is 0 Å². The number of aromatic amines is 1. The molecule has 0 spiro atoms. The minimum Gasteiger partial charge on any atom is -0.375 e. The Hall–Kier alpha value is -2.60. The zero-order valence-electron chi connectivity index (χ0n) is 13.5. The Balaban J connectivity index is 2.02. The number of aryl methyl sites for hydroxylation is 2. The Morgan fingerprint density at radius 3 is 2.91 bits per heavy atom. The summed E-state index contributed by atoms with van der Waals surface area (Å²) in [6, 6.07) is 10.2. The van der Waals surface area contributed by atoms with E-state index in [1.165, 1.54) is 23.6 Å². The summed E-state index contributed by atoms with van der Waals surface area (Å²) in [7, 11) is 1.48. The SMILES string of the molecule is CCn1c(-c2cc(NC(=O)COC)n[nH]2)c(C)c2ccccc21. The molecular formula is C17H20N4O2. The molecule has 6 nitrogen and oxygen atoms in total. The van der Waals surface area contributed by atoms with Crippen LogP contribution in [0.2, 0.25) is 0 Å². The van der Waals surface area contributed by atoms with E-state index in [2.05, 4.69) is 46.1 Å². The number of carbonyl (C=O) groups excluding carboxylic acids is 1. The minimum atomic E-state index is -0.224. The number of benzene rings is 1. The molecule has 0 aliphatic heterocycles. The molecule has 0 fully saturated rings. The van der Waals surface area contributed by atoms with Crippen LogP contribution < -0.4 is 5.32 Å². The number of rotatable bonds is 5. The van der Waals surface area contributed by atoms with Crippen molar-refractivity contribution in [3.63, 3.8) is 0 Å². The molecule has 0 radical (unpaired) electrons. The Bertz CT molecular complexity index is 848. The van der Waals surface area contributed by atoms with Crippen molar-refractivity contribution in [1.29, 1.82) is 0 Å². The van der Waals surface area contributed by atoms with Crippen molar-refractivity contribution < 1.29 is 9.53 Å². The second kappa shape index (κ2) is 6.26. The third-order valence-electron chi connectivity index (χ3n) is 3.92. The first-order valence-electron chi connectivity index (χ1n) is 7.58. The van der Waals surface area contributed by atoms with Gasteiger partial charge in [0.15, 0.2) is 5.82 Å². The van der Waals surface area contributed by atoms with Crippen molar-refractivity contribution in [2.24, 2.45) is 0 Å². The Morgan fingerprint density at radius 1 is 1.39 bits per heavy atom. The fourth-order valence-electron chi connectivity index (χ4n) is 2.97. The van der Waals surface area contributed by atoms with Crippen LogP contribution in [0.15, 0.2) is 30.3 Å². The number of methoxy groups -OCH3 is 1. The molecule has 0 unspecified atom stereocenters. The predicted octanol–water partition coefficient (Wildman–Crippen LogP) is 2.94. The summed E-state index contributed by atoms with van der Waals surface area (Å²) >= 11 is 0. The summed E-state index contributed by atoms with van der Waals surface area (Å²) in [5.41, 5.74) is 4.37. The summed E-state index contributed by atoms with van der Waals surface area (Å²) in [6.07, 6.45) is 0. The average molecular weight is 312 g/mol. The lowest BCUT2D eigenvalue weighted by Crippen LogP contribution is -2.17. The summed E-state index contributed by atoms with van der Waals surface area (Å²) in [5.74, 6) is 0.271. The maximum atomic E-state index is 11.6. The van der Waals surface area contributed by atoms with Gasteiger partial charge in [0.05, 0.1) is 11.4 Å². The van der Waals surface area contributed by atoms with Crippen LogP contribution in [0.5, 0.6) is 0 Å². The van der Waals surface area contributed by atoms with Crippen molar-refractivity contribution in [2.75, 3.05) is 19.0 Å². The minimum absolute atomic E-state index is 0.0104. The third-order valence-corrected chi connectivity index (χ3v) is 3.92. The molecule has 0 saturated heterocycles. The van der Waals surface area contributed by atoms with Gasteiger partial charge in [0.1, 0.15) is 6.61 Å². The Kier molecular flexibility index (Phi) is 4.16. The molecule has 2 aromatic heterocycles. The largest absolute Gasteiger partial charge is 0.375 e. The number of carbonyl (C=O) groups is 1. The van der Waals surface area contributed by atoms with Gasteiger partial charge in [-0.25, -0.2) is 0 Å². The van der Waals surface area contributed by atoms with Crippen molar-refractivity contribution in [3.05, 3.63) is 35.9 Å². The average Bonchev–Trinajstić information content (AvgIpc) is 3.10. The number of aromatic nitrogens is 3. The molecule has 0 atom stereocenters. The molecule has 0 aliphatic rings. The van der Waals surface area contributed by atoms with Gasteiger partial charge in [0, 0.05) is 30.6 Å². The first-order chi connectivity index (χ1) is 11.2. The van der Waals surface area contributed by atoms with Crippen LogP contribution >= 0.6 is 0 Å². The zero-order chi connectivity index (χ0) is 16.4. The van der Waals surface area contributed by atoms with Gasteiger partial charge in [-0.2, -0.15) is 5.10 Å². The van der Waals surface area contributed by atoms with Crippen LogP contribution in [0.3, 0.4) is 0 Å². The molecule has 3 rings (SSSR count). The van der Waals surface area contributed by atoms with Gasteiger partial charge >= 0.3 is 0 Å². The summed E-state index contributed by atoms with van der Waals surface area (Å²) in [5, 5.41) is 11.1. The number of amides is 1. The van der Waals surface area contributed by atoms with Gasteiger partial charge in [0.2, 0.25) is 0 Å². The fourth-order valence-corrected chi connectivity index (χ4v) is 2.97. The second-order valence-corrected chi connectivity index (χ2v) is 5.38. The molecule has 1 aromatic carbocycles. The molecule has 6 heteroatoms. The van der Waals surface area contributed by atoms with Crippen LogP contribution in [0.1, 0.15) is 12.5 Å². The van der Waals surface area contributed by atoms with E-state index < -0.39 is 0 Å². The lowest BCUT2D eigenvalue weighted by atomic mass is 10.1. The van der Waals surface area contributed by atoms with E-state index in [1.54, 1.807) is 0 Å². The lowest BCUT2D eigenvalue weighted by molar-refractivity contribution is -0.119. The molecule has 120 valence electrons. The Morgan fingerprint density at radius 2 is 2.17 bits per heavy atom. The number of ether oxygens (including phenoxy) is 1. The number of anilines is 1. The van der Waals surface area contributed by atoms with E-state index in [0.717, 1.165) is 17.9 Å². The molecule has 0 aliphatic carbocycles. The van der Waals surface area contributed by atoms with Crippen LogP contribution in [0.25, 0.3) is 22.3 Å². The van der Waals surface area contributed by atoms with E-state index in [-0.39, 0.29) is 12.5 Å². The molecule has 0 saturated carbocycles. The molecule has 2 heterocycles. The normalized spacial score (nSPS) is 11.1. The number of nitrogens with zero attached hydrogens (tertiary/aromatic N) is 2. The molecule has 1 amide bonds. The topological polar surface area (TPSA) is 71.9 Å². The molecular weight excluding hydrogens is 292 g/mol. The predicted molar refractivity (Wildman–Crippen MR) is 90.4 cm³/mol. The fraction of sp³-hybridized carbons (Fsp3) is 0.294. The van der Waals surface area contributed by atoms with E-state index in [9.17, 15) is 4.79 Å². The number of nitrogens with one attached hydrogen (secondary N) is 2. The van der Waals surface area contributed by atoms with E-state index in [0.29, 0.717) is 5.82 Å². The summed E-state index contributed by atoms with van der Waals surface area (Å²) < 4.78 is 7.06. The smallest absolute Gasteiger partial charge is 0.251 e. The van der Waals surface area contributed by atoms with Crippen molar-refractivity contribution in [2.45, 2.75) is 20.4 Å². The Labute approximate surface area is 134 Å². The standard InChI is InChI=1S/C17H20N4O2/c1-4-21-14-8-6-5-7-12(14)11(2)17(21)13-9-15(20-19-13)18-16(22)10-23-3/h5-9H,4,10H2,1-3H3,(H2,18,19,20,22). The van der Waals surface area contributed by atoms with E-state index in [1.807, 2.05) is 18.2 Å². The molecule has 2 N–H and O–H groups in total. The number of para-hydroxylation sites is 1. The number of fused-ring (bicyclic) bond motifs is 1. The molecule has 3 aromatic rings. The maximum Gasteiger partial charge on any atom is 0.251 e. The van der Waals surface area contributed by atoms with Gasteiger partial charge in [0.25, 0.3) is 5.91 Å². The highest BCUT2D eigenvalue weighted by Crippen LogP contribution is 2.32. The van der Waals surface area contributed by atoms with Gasteiger partial charge in [-0.05, 0) is 25.5 Å². The number of hydrogen-bond acceptors (Lipinski definition) is 3. The first-order valence-corrected chi connectivity index (χ1v) is 7.58. The van der Waals surface area contributed by atoms with Crippen LogP contribution in [-0.4, -0.2) is 34.4 Å². The van der Waals surface area contributed by atoms with Crippen molar-refractivity contribution >= 4 is 22.6 Å². The van der Waals surface area contributed by atoms with Crippen molar-refractivity contribution in [3.8, 4) is 11.4 Å². The van der Waals surface area contributed by atoms with Gasteiger partial charge in [-0.15, -0.1) is 0 Å². The lowest BCUT2D eigenvalue weighted by Gasteiger charge is -2.06. The molecule has 23 heavy (non-hydrogen) atoms. The zero-order valence-corrected chi connectivity index (χ0v) is 13.5. The van der Waals surface area contributed by atoms with Crippen LogP contribution in [0.4, 0.5) is 5.82 Å². The molecule has 0 bridgehead atoms. The number of H-pyrrole nitrogens is 1. The highest BCUT2D eigenvalue weighted by molar-refractivity contribution is 5.93. The highest BCUT2D eigenvalue weighted by Gasteiger charge is 2.17. The van der Waals surface area contributed by atoms with Gasteiger partial charge in [-0.3, -0.25) is 9.89 Å². The maximum absolute atomic E-state index is 11.6. The quantitative estimate of drug-likeness (QED) is 0.761. The van der Waals surface area contributed by atoms with Crippen LogP contribution in [-0.2, 0) is 16.1 Å². The van der Waals surface area contributed by atoms with Crippen LogP contribution in [0, 0.1) is 6.92 Å².